The van der Waals surface area contributed by atoms with Crippen LogP contribution in [0, 0.1) is 0 Å². The Bertz CT molecular complexity index is 291. The molecule has 0 spiro atoms. The normalized spacial score (nSPS) is 33.5. The summed E-state index contributed by atoms with van der Waals surface area (Å²) in [4.78, 5) is 18.3. The van der Waals surface area contributed by atoms with Crippen LogP contribution in [-0.2, 0) is 19.1 Å². The summed E-state index contributed by atoms with van der Waals surface area (Å²) in [5.41, 5.74) is 0. The van der Waals surface area contributed by atoms with E-state index in [9.17, 15) is 4.79 Å². The van der Waals surface area contributed by atoms with E-state index in [1.165, 1.54) is 6.92 Å². The number of ether oxygens (including phenoxy) is 2. The first kappa shape index (κ1) is 28.3. The standard InChI is InChI=1S/2C6H12O3.C4H8O2.C2H4O/c2*1-4-2-5(7)3-6(8)9-4;1-4(6)2-3-5;1-2-3/h2*4-8H,2-3H2,1H3;3-4,6H,2H2,1H3;2H,1H3/t4?,5-,6+;4?,5-,6-;4-;/m110./s1. The van der Waals surface area contributed by atoms with Gasteiger partial charge in [-0.15, -0.1) is 0 Å². The Morgan fingerprint density at radius 1 is 0.889 bits per heavy atom. The zero-order valence-corrected chi connectivity index (χ0v) is 16.6. The van der Waals surface area contributed by atoms with Crippen LogP contribution in [-0.4, -0.2) is 81.2 Å². The van der Waals surface area contributed by atoms with E-state index >= 15 is 0 Å². The third-order valence-corrected chi connectivity index (χ3v) is 3.37. The lowest BCUT2D eigenvalue weighted by Crippen LogP contribution is -2.33. The SMILES string of the molecule is CC1C[C@@H](O)C[C@@H](O)O1.CC1C[C@@H](O)C[C@H](O)O1.CC=O.C[C@H](O)CC=O. The van der Waals surface area contributed by atoms with Crippen LogP contribution in [0.2, 0.25) is 0 Å². The van der Waals surface area contributed by atoms with Gasteiger partial charge in [0.25, 0.3) is 0 Å². The molecule has 2 unspecified atom stereocenters. The van der Waals surface area contributed by atoms with Gasteiger partial charge in [0.2, 0.25) is 0 Å². The van der Waals surface area contributed by atoms with Gasteiger partial charge in [-0.3, -0.25) is 0 Å². The second kappa shape index (κ2) is 17.2. The van der Waals surface area contributed by atoms with Crippen molar-refractivity contribution < 1.29 is 44.6 Å². The van der Waals surface area contributed by atoms with Crippen LogP contribution in [0.15, 0.2) is 0 Å². The Hall–Kier alpha value is -0.940. The molecular weight excluding hydrogens is 360 g/mol. The Morgan fingerprint density at radius 3 is 1.37 bits per heavy atom. The molecule has 0 aromatic heterocycles. The van der Waals surface area contributed by atoms with Gasteiger partial charge >= 0.3 is 0 Å². The van der Waals surface area contributed by atoms with Gasteiger partial charge in [-0.05, 0) is 40.5 Å². The number of rotatable bonds is 2. The quantitative estimate of drug-likeness (QED) is 0.402. The molecular formula is C18H36O9. The fraction of sp³-hybridized carbons (Fsp3) is 0.889. The predicted molar refractivity (Wildman–Crippen MR) is 97.7 cm³/mol. The highest BCUT2D eigenvalue weighted by molar-refractivity contribution is 5.49. The number of carbonyl (C=O) groups is 2. The highest BCUT2D eigenvalue weighted by Gasteiger charge is 2.24. The number of aldehydes is 2. The van der Waals surface area contributed by atoms with Crippen molar-refractivity contribution in [1.29, 1.82) is 0 Å². The van der Waals surface area contributed by atoms with Crippen LogP contribution in [0.25, 0.3) is 0 Å². The minimum absolute atomic E-state index is 0.0104. The zero-order chi connectivity index (χ0) is 21.4. The lowest BCUT2D eigenvalue weighted by atomic mass is 10.1. The number of hydrogen-bond donors (Lipinski definition) is 5. The van der Waals surface area contributed by atoms with E-state index in [4.69, 9.17) is 39.8 Å². The molecule has 27 heavy (non-hydrogen) atoms. The van der Waals surface area contributed by atoms with E-state index in [0.717, 1.165) is 6.29 Å². The summed E-state index contributed by atoms with van der Waals surface area (Å²) in [5.74, 6) is 0. The summed E-state index contributed by atoms with van der Waals surface area (Å²) < 4.78 is 9.90. The lowest BCUT2D eigenvalue weighted by molar-refractivity contribution is -0.184. The summed E-state index contributed by atoms with van der Waals surface area (Å²) in [6, 6.07) is 0. The molecule has 2 heterocycles. The highest BCUT2D eigenvalue weighted by Crippen LogP contribution is 2.17. The van der Waals surface area contributed by atoms with Crippen LogP contribution >= 0.6 is 0 Å². The Balaban J connectivity index is 0. The van der Waals surface area contributed by atoms with E-state index in [1.54, 1.807) is 6.92 Å². The van der Waals surface area contributed by atoms with Crippen LogP contribution in [0.5, 0.6) is 0 Å². The molecule has 5 N–H and O–H groups in total. The van der Waals surface area contributed by atoms with Crippen LogP contribution in [0.3, 0.4) is 0 Å². The van der Waals surface area contributed by atoms with Crippen LogP contribution in [0.4, 0.5) is 0 Å². The molecule has 9 nitrogen and oxygen atoms in total. The van der Waals surface area contributed by atoms with Crippen molar-refractivity contribution in [1.82, 2.24) is 0 Å². The van der Waals surface area contributed by atoms with Gasteiger partial charge in [0.05, 0.1) is 30.5 Å². The molecule has 0 saturated carbocycles. The summed E-state index contributed by atoms with van der Waals surface area (Å²) in [6.45, 7) is 6.70. The largest absolute Gasteiger partial charge is 0.393 e. The predicted octanol–water partition coefficient (Wildman–Crippen LogP) is -0.109. The van der Waals surface area contributed by atoms with Crippen LogP contribution < -0.4 is 0 Å². The maximum atomic E-state index is 9.46. The van der Waals surface area contributed by atoms with Gasteiger partial charge < -0.3 is 44.6 Å². The van der Waals surface area contributed by atoms with Crippen molar-refractivity contribution >= 4 is 12.6 Å². The van der Waals surface area contributed by atoms with E-state index in [0.29, 0.717) is 32.0 Å². The fourth-order valence-electron chi connectivity index (χ4n) is 2.32. The number of aliphatic hydroxyl groups excluding tert-OH is 5. The minimum atomic E-state index is -0.760. The second-order valence-corrected chi connectivity index (χ2v) is 6.54. The van der Waals surface area contributed by atoms with Gasteiger partial charge in [-0.2, -0.15) is 0 Å². The maximum absolute atomic E-state index is 9.46. The maximum Gasteiger partial charge on any atom is 0.157 e. The van der Waals surface area contributed by atoms with Crippen molar-refractivity contribution in [2.75, 3.05) is 0 Å². The van der Waals surface area contributed by atoms with Gasteiger partial charge in [0.1, 0.15) is 12.6 Å². The fourth-order valence-corrected chi connectivity index (χ4v) is 2.32. The molecule has 9 heteroatoms. The van der Waals surface area contributed by atoms with Gasteiger partial charge in [-0.1, -0.05) is 0 Å². The topological polar surface area (TPSA) is 154 Å². The summed E-state index contributed by atoms with van der Waals surface area (Å²) >= 11 is 0. The van der Waals surface area contributed by atoms with Crippen molar-refractivity contribution in [3.05, 3.63) is 0 Å². The molecule has 0 bridgehead atoms. The Labute approximate surface area is 160 Å². The average molecular weight is 396 g/mol. The molecule has 0 aliphatic carbocycles. The molecule has 2 rings (SSSR count). The van der Waals surface area contributed by atoms with Crippen molar-refractivity contribution in [3.8, 4) is 0 Å². The highest BCUT2D eigenvalue weighted by atomic mass is 16.6. The number of aliphatic hydroxyl groups is 5. The number of carbonyl (C=O) groups excluding carboxylic acids is 2. The number of hydrogen-bond acceptors (Lipinski definition) is 9. The van der Waals surface area contributed by atoms with Crippen molar-refractivity contribution in [2.45, 2.75) is 103 Å². The molecule has 0 radical (unpaired) electrons. The summed E-state index contributed by atoms with van der Waals surface area (Å²) in [7, 11) is 0. The smallest absolute Gasteiger partial charge is 0.157 e. The zero-order valence-electron chi connectivity index (χ0n) is 16.6. The molecule has 2 saturated heterocycles. The monoisotopic (exact) mass is 396 g/mol. The Morgan fingerprint density at radius 2 is 1.22 bits per heavy atom. The molecule has 0 aromatic carbocycles. The van der Waals surface area contributed by atoms with E-state index in [2.05, 4.69) is 0 Å². The first-order valence-electron chi connectivity index (χ1n) is 9.10. The third-order valence-electron chi connectivity index (χ3n) is 3.37. The Kier molecular flexibility index (Phi) is 18.0. The molecule has 0 amide bonds. The third kappa shape index (κ3) is 19.6. The summed E-state index contributed by atoms with van der Waals surface area (Å²) in [5, 5.41) is 44.1. The molecule has 2 fully saturated rings. The average Bonchev–Trinajstić information content (AvgIpc) is 2.45. The van der Waals surface area contributed by atoms with Gasteiger partial charge in [0.15, 0.2) is 12.6 Å². The molecule has 162 valence electrons. The molecule has 2 aliphatic rings. The van der Waals surface area contributed by atoms with E-state index in [1.807, 2.05) is 13.8 Å². The van der Waals surface area contributed by atoms with Crippen molar-refractivity contribution in [2.24, 2.45) is 0 Å². The molecule has 2 aliphatic heterocycles. The first-order valence-corrected chi connectivity index (χ1v) is 9.10. The second-order valence-electron chi connectivity index (χ2n) is 6.54. The van der Waals surface area contributed by atoms with Crippen LogP contribution in [0.1, 0.15) is 59.8 Å². The lowest BCUT2D eigenvalue weighted by Gasteiger charge is -2.27. The summed E-state index contributed by atoms with van der Waals surface area (Å²) in [6.07, 6.45) is 0.892. The van der Waals surface area contributed by atoms with E-state index < -0.39 is 18.7 Å². The van der Waals surface area contributed by atoms with Gasteiger partial charge in [-0.25, -0.2) is 0 Å². The van der Waals surface area contributed by atoms with Gasteiger partial charge in [0, 0.05) is 19.3 Å². The van der Waals surface area contributed by atoms with E-state index in [-0.39, 0.29) is 30.8 Å². The minimum Gasteiger partial charge on any atom is -0.393 e. The molecule has 0 aromatic rings. The molecule has 7 atom stereocenters. The van der Waals surface area contributed by atoms with Crippen molar-refractivity contribution in [3.63, 3.8) is 0 Å². The first-order chi connectivity index (χ1) is 12.5.